The number of ether oxygens (including phenoxy) is 2. The van der Waals surface area contributed by atoms with Crippen molar-refractivity contribution < 1.29 is 14.3 Å². The van der Waals surface area contributed by atoms with Crippen molar-refractivity contribution in [1.82, 2.24) is 10.2 Å². The van der Waals surface area contributed by atoms with Crippen LogP contribution >= 0.6 is 0 Å². The highest BCUT2D eigenvalue weighted by atomic mass is 16.5. The molecule has 1 aromatic carbocycles. The van der Waals surface area contributed by atoms with Gasteiger partial charge in [0, 0.05) is 37.8 Å². The molecule has 1 saturated heterocycles. The monoisotopic (exact) mass is 334 g/mol. The molecule has 1 heterocycles. The minimum Gasteiger partial charge on any atom is -0.380 e. The van der Waals surface area contributed by atoms with Crippen LogP contribution in [-0.2, 0) is 16.1 Å². The fraction of sp³-hybridized carbons (Fsp3) is 0.632. The highest BCUT2D eigenvalue weighted by Gasteiger charge is 2.33. The smallest absolute Gasteiger partial charge is 0.251 e. The van der Waals surface area contributed by atoms with Crippen LogP contribution in [0.15, 0.2) is 24.3 Å². The zero-order chi connectivity index (χ0) is 17.7. The van der Waals surface area contributed by atoms with Crippen molar-refractivity contribution in [1.29, 1.82) is 0 Å². The van der Waals surface area contributed by atoms with Crippen molar-refractivity contribution in [3.63, 3.8) is 0 Å². The summed E-state index contributed by atoms with van der Waals surface area (Å²) in [5.41, 5.74) is 1.55. The summed E-state index contributed by atoms with van der Waals surface area (Å²) in [6.07, 6.45) is 0.434. The lowest BCUT2D eigenvalue weighted by Gasteiger charge is -2.45. The van der Waals surface area contributed by atoms with Crippen LogP contribution in [0.4, 0.5) is 0 Å². The van der Waals surface area contributed by atoms with Crippen molar-refractivity contribution in [3.8, 4) is 0 Å². The molecule has 1 aliphatic rings. The summed E-state index contributed by atoms with van der Waals surface area (Å²) >= 11 is 0. The number of hydrogen-bond donors (Lipinski definition) is 1. The fourth-order valence-corrected chi connectivity index (χ4v) is 3.15. The second kappa shape index (κ2) is 8.10. The number of nitrogens with zero attached hydrogens (tertiary/aromatic N) is 1. The molecular formula is C19H30N2O3. The van der Waals surface area contributed by atoms with Crippen molar-refractivity contribution in [2.75, 3.05) is 26.7 Å². The van der Waals surface area contributed by atoms with E-state index in [2.05, 4.69) is 37.9 Å². The van der Waals surface area contributed by atoms with Crippen LogP contribution in [0.5, 0.6) is 0 Å². The zero-order valence-electron chi connectivity index (χ0n) is 15.5. The van der Waals surface area contributed by atoms with Crippen LogP contribution in [0.25, 0.3) is 0 Å². The Morgan fingerprint density at radius 3 is 2.62 bits per heavy atom. The summed E-state index contributed by atoms with van der Waals surface area (Å²) in [5.74, 6) is -0.0459. The molecule has 1 amide bonds. The Bertz CT molecular complexity index is 549. The molecule has 0 aromatic heterocycles. The molecule has 1 aliphatic heterocycles. The van der Waals surface area contributed by atoms with E-state index in [1.54, 1.807) is 7.11 Å². The maximum Gasteiger partial charge on any atom is 0.251 e. The number of amides is 1. The molecule has 0 unspecified atom stereocenters. The van der Waals surface area contributed by atoms with E-state index in [1.807, 2.05) is 24.3 Å². The summed E-state index contributed by atoms with van der Waals surface area (Å²) < 4.78 is 10.9. The molecule has 0 aliphatic carbocycles. The Kier molecular flexibility index (Phi) is 6.38. The van der Waals surface area contributed by atoms with Gasteiger partial charge in [-0.1, -0.05) is 12.1 Å². The second-order valence-electron chi connectivity index (χ2n) is 7.29. The van der Waals surface area contributed by atoms with Gasteiger partial charge in [-0.25, -0.2) is 0 Å². The summed E-state index contributed by atoms with van der Waals surface area (Å²) in [7, 11) is 1.65. The Balaban J connectivity index is 1.95. The molecule has 1 fully saturated rings. The number of methoxy groups -OCH3 is 1. The van der Waals surface area contributed by atoms with Gasteiger partial charge < -0.3 is 14.8 Å². The molecule has 24 heavy (non-hydrogen) atoms. The standard InChI is InChI=1S/C19H30N2O3/c1-14-10-21(11-15(2)24-14)19(3,4)13-20-18(22)17-8-6-7-16(9-17)12-23-5/h6-9,14-15H,10-13H2,1-5H3,(H,20,22)/t14-,15-/m0/s1. The van der Waals surface area contributed by atoms with Crippen LogP contribution in [0.3, 0.4) is 0 Å². The number of benzene rings is 1. The quantitative estimate of drug-likeness (QED) is 0.868. The van der Waals surface area contributed by atoms with Gasteiger partial charge >= 0.3 is 0 Å². The van der Waals surface area contributed by atoms with E-state index < -0.39 is 0 Å². The van der Waals surface area contributed by atoms with Crippen LogP contribution in [0.2, 0.25) is 0 Å². The van der Waals surface area contributed by atoms with Crippen molar-refractivity contribution in [2.45, 2.75) is 52.0 Å². The maximum atomic E-state index is 12.5. The van der Waals surface area contributed by atoms with E-state index in [9.17, 15) is 4.79 Å². The van der Waals surface area contributed by atoms with Crippen molar-refractivity contribution >= 4 is 5.91 Å². The van der Waals surface area contributed by atoms with Gasteiger partial charge in [-0.3, -0.25) is 9.69 Å². The third-order valence-corrected chi connectivity index (χ3v) is 4.46. The molecule has 134 valence electrons. The van der Waals surface area contributed by atoms with E-state index in [4.69, 9.17) is 9.47 Å². The first-order valence-corrected chi connectivity index (χ1v) is 8.58. The highest BCUT2D eigenvalue weighted by molar-refractivity contribution is 5.94. The largest absolute Gasteiger partial charge is 0.380 e. The third-order valence-electron chi connectivity index (χ3n) is 4.46. The number of rotatable bonds is 6. The van der Waals surface area contributed by atoms with E-state index in [1.165, 1.54) is 0 Å². The average Bonchev–Trinajstić information content (AvgIpc) is 2.52. The van der Waals surface area contributed by atoms with Crippen LogP contribution in [0.1, 0.15) is 43.6 Å². The number of carbonyl (C=O) groups excluding carboxylic acids is 1. The molecule has 0 bridgehead atoms. The molecule has 1 aromatic rings. The van der Waals surface area contributed by atoms with Gasteiger partial charge in [-0.05, 0) is 45.4 Å². The number of nitrogens with one attached hydrogen (secondary N) is 1. The second-order valence-corrected chi connectivity index (χ2v) is 7.29. The fourth-order valence-electron chi connectivity index (χ4n) is 3.15. The summed E-state index contributed by atoms with van der Waals surface area (Å²) in [5, 5.41) is 3.07. The lowest BCUT2D eigenvalue weighted by atomic mass is 9.99. The van der Waals surface area contributed by atoms with Gasteiger partial charge in [0.2, 0.25) is 0 Å². The third kappa shape index (κ3) is 5.03. The summed E-state index contributed by atoms with van der Waals surface area (Å²) in [4.78, 5) is 14.9. The van der Waals surface area contributed by atoms with Gasteiger partial charge in [0.15, 0.2) is 0 Å². The maximum absolute atomic E-state index is 12.5. The summed E-state index contributed by atoms with van der Waals surface area (Å²) in [6.45, 7) is 11.4. The predicted molar refractivity (Wildman–Crippen MR) is 95.1 cm³/mol. The first kappa shape index (κ1) is 18.9. The van der Waals surface area contributed by atoms with Crippen molar-refractivity contribution in [3.05, 3.63) is 35.4 Å². The van der Waals surface area contributed by atoms with Crippen molar-refractivity contribution in [2.24, 2.45) is 0 Å². The highest BCUT2D eigenvalue weighted by Crippen LogP contribution is 2.20. The van der Waals surface area contributed by atoms with Crippen LogP contribution in [-0.4, -0.2) is 55.3 Å². The lowest BCUT2D eigenvalue weighted by Crippen LogP contribution is -2.58. The molecule has 1 N–H and O–H groups in total. The molecule has 2 rings (SSSR count). The Hall–Kier alpha value is -1.43. The molecule has 0 saturated carbocycles. The van der Waals surface area contributed by atoms with E-state index in [0.717, 1.165) is 18.7 Å². The van der Waals surface area contributed by atoms with E-state index in [-0.39, 0.29) is 23.7 Å². The van der Waals surface area contributed by atoms with Gasteiger partial charge in [0.1, 0.15) is 0 Å². The first-order chi connectivity index (χ1) is 11.3. The minimum absolute atomic E-state index is 0.0459. The zero-order valence-corrected chi connectivity index (χ0v) is 15.5. The average molecular weight is 334 g/mol. The number of carbonyl (C=O) groups is 1. The molecule has 0 radical (unpaired) electrons. The SMILES string of the molecule is COCc1cccc(C(=O)NCC(C)(C)N2C[C@H](C)O[C@@H](C)C2)c1. The van der Waals surface area contributed by atoms with Gasteiger partial charge in [-0.2, -0.15) is 0 Å². The van der Waals surface area contributed by atoms with Gasteiger partial charge in [-0.15, -0.1) is 0 Å². The molecule has 0 spiro atoms. The van der Waals surface area contributed by atoms with Crippen LogP contribution in [0, 0.1) is 0 Å². The normalized spacial score (nSPS) is 22.4. The van der Waals surface area contributed by atoms with Gasteiger partial charge in [0.05, 0.1) is 18.8 Å². The molecule has 5 heteroatoms. The number of morpholine rings is 1. The van der Waals surface area contributed by atoms with Crippen LogP contribution < -0.4 is 5.32 Å². The van der Waals surface area contributed by atoms with E-state index in [0.29, 0.717) is 18.7 Å². The molecule has 5 nitrogen and oxygen atoms in total. The Morgan fingerprint density at radius 1 is 1.33 bits per heavy atom. The van der Waals surface area contributed by atoms with E-state index >= 15 is 0 Å². The predicted octanol–water partition coefficient (Wildman–Crippen LogP) is 2.45. The minimum atomic E-state index is -0.119. The first-order valence-electron chi connectivity index (χ1n) is 8.58. The molecular weight excluding hydrogens is 304 g/mol. The lowest BCUT2D eigenvalue weighted by molar-refractivity contribution is -0.0948. The number of hydrogen-bond acceptors (Lipinski definition) is 4. The molecule has 2 atom stereocenters. The summed E-state index contributed by atoms with van der Waals surface area (Å²) in [6, 6.07) is 7.56. The topological polar surface area (TPSA) is 50.8 Å². The Morgan fingerprint density at radius 2 is 2.00 bits per heavy atom. The van der Waals surface area contributed by atoms with Gasteiger partial charge in [0.25, 0.3) is 5.91 Å². The Labute approximate surface area is 145 Å².